The van der Waals surface area contributed by atoms with E-state index in [9.17, 15) is 13.2 Å². The van der Waals surface area contributed by atoms with Gasteiger partial charge in [-0.3, -0.25) is 4.79 Å². The first-order valence-corrected chi connectivity index (χ1v) is 10.3. The van der Waals surface area contributed by atoms with Gasteiger partial charge in [0, 0.05) is 32.6 Å². The summed E-state index contributed by atoms with van der Waals surface area (Å²) in [6.07, 6.45) is 0.440. The third-order valence-electron chi connectivity index (χ3n) is 4.82. The molecule has 0 aromatic heterocycles. The Balaban J connectivity index is 1.57. The summed E-state index contributed by atoms with van der Waals surface area (Å²) in [7, 11) is -3.48. The predicted molar refractivity (Wildman–Crippen MR) is 101 cm³/mol. The van der Waals surface area contributed by atoms with Crippen molar-refractivity contribution >= 4 is 15.9 Å². The van der Waals surface area contributed by atoms with E-state index in [1.54, 1.807) is 35.2 Å². The molecule has 1 aliphatic rings. The van der Waals surface area contributed by atoms with Gasteiger partial charge in [0.15, 0.2) is 0 Å². The fourth-order valence-corrected chi connectivity index (χ4v) is 4.65. The van der Waals surface area contributed by atoms with Crippen molar-refractivity contribution < 1.29 is 13.2 Å². The first-order valence-electron chi connectivity index (χ1n) is 8.86. The highest BCUT2D eigenvalue weighted by atomic mass is 32.2. The molecule has 2 aromatic carbocycles. The molecule has 1 amide bonds. The van der Waals surface area contributed by atoms with Gasteiger partial charge in [-0.05, 0) is 23.6 Å². The SMILES string of the molecule is C[C@H](CC(=O)N1CCN(S(=O)(=O)c2ccccc2)CC1)c1ccccc1. The molecule has 0 unspecified atom stereocenters. The normalized spacial score (nSPS) is 17.0. The van der Waals surface area contributed by atoms with Gasteiger partial charge in [-0.25, -0.2) is 8.42 Å². The van der Waals surface area contributed by atoms with Gasteiger partial charge in [0.1, 0.15) is 0 Å². The fourth-order valence-electron chi connectivity index (χ4n) is 3.21. The summed E-state index contributed by atoms with van der Waals surface area (Å²) in [5, 5.41) is 0. The topological polar surface area (TPSA) is 57.7 Å². The van der Waals surface area contributed by atoms with Gasteiger partial charge in [0.05, 0.1) is 4.90 Å². The summed E-state index contributed by atoms with van der Waals surface area (Å²) in [6, 6.07) is 18.4. The van der Waals surface area contributed by atoms with Crippen LogP contribution in [0.5, 0.6) is 0 Å². The van der Waals surface area contributed by atoms with E-state index in [4.69, 9.17) is 0 Å². The molecule has 26 heavy (non-hydrogen) atoms. The molecule has 1 atom stereocenters. The molecule has 0 radical (unpaired) electrons. The van der Waals surface area contributed by atoms with Crippen LogP contribution in [0.1, 0.15) is 24.8 Å². The molecule has 138 valence electrons. The number of piperazine rings is 1. The van der Waals surface area contributed by atoms with Crippen LogP contribution in [0.25, 0.3) is 0 Å². The van der Waals surface area contributed by atoms with Crippen molar-refractivity contribution in [2.75, 3.05) is 26.2 Å². The van der Waals surface area contributed by atoms with Crippen molar-refractivity contribution in [3.05, 3.63) is 66.2 Å². The predicted octanol–water partition coefficient (Wildman–Crippen LogP) is 2.71. The zero-order chi connectivity index (χ0) is 18.6. The number of carbonyl (C=O) groups excluding carboxylic acids is 1. The average Bonchev–Trinajstić information content (AvgIpc) is 2.69. The van der Waals surface area contributed by atoms with Crippen molar-refractivity contribution in [3.8, 4) is 0 Å². The van der Waals surface area contributed by atoms with Crippen molar-refractivity contribution in [3.63, 3.8) is 0 Å². The summed E-state index contributed by atoms with van der Waals surface area (Å²) >= 11 is 0. The maximum atomic E-state index is 12.6. The lowest BCUT2D eigenvalue weighted by Gasteiger charge is -2.34. The molecular weight excluding hydrogens is 348 g/mol. The minimum Gasteiger partial charge on any atom is -0.340 e. The summed E-state index contributed by atoms with van der Waals surface area (Å²) in [5.74, 6) is 0.230. The maximum absolute atomic E-state index is 12.6. The summed E-state index contributed by atoms with van der Waals surface area (Å²) in [4.78, 5) is 14.6. The van der Waals surface area contributed by atoms with Crippen molar-refractivity contribution in [1.82, 2.24) is 9.21 Å². The Morgan fingerprint density at radius 3 is 2.04 bits per heavy atom. The first kappa shape index (κ1) is 18.6. The lowest BCUT2D eigenvalue weighted by molar-refractivity contribution is -0.132. The number of amides is 1. The van der Waals surface area contributed by atoms with Crippen molar-refractivity contribution in [1.29, 1.82) is 0 Å². The van der Waals surface area contributed by atoms with Gasteiger partial charge in [-0.1, -0.05) is 55.5 Å². The van der Waals surface area contributed by atoms with Crippen LogP contribution in [0, 0.1) is 0 Å². The number of rotatable bonds is 5. The lowest BCUT2D eigenvalue weighted by Crippen LogP contribution is -2.50. The Morgan fingerprint density at radius 1 is 0.923 bits per heavy atom. The van der Waals surface area contributed by atoms with Gasteiger partial charge in [0.25, 0.3) is 0 Å². The number of carbonyl (C=O) groups is 1. The molecule has 1 aliphatic heterocycles. The average molecular weight is 372 g/mol. The van der Waals surface area contributed by atoms with Crippen LogP contribution in [0.2, 0.25) is 0 Å². The van der Waals surface area contributed by atoms with Crippen LogP contribution >= 0.6 is 0 Å². The molecular formula is C20H24N2O3S. The highest BCUT2D eigenvalue weighted by Crippen LogP contribution is 2.21. The standard InChI is InChI=1S/C20H24N2O3S/c1-17(18-8-4-2-5-9-18)16-20(23)21-12-14-22(15-13-21)26(24,25)19-10-6-3-7-11-19/h2-11,17H,12-16H2,1H3/t17-/m1/s1. The summed E-state index contributed by atoms with van der Waals surface area (Å²) in [6.45, 7) is 3.59. The van der Waals surface area contributed by atoms with Crippen LogP contribution in [-0.2, 0) is 14.8 Å². The molecule has 1 fully saturated rings. The third kappa shape index (κ3) is 4.14. The fraction of sp³-hybridized carbons (Fsp3) is 0.350. The highest BCUT2D eigenvalue weighted by Gasteiger charge is 2.30. The second-order valence-electron chi connectivity index (χ2n) is 6.61. The zero-order valence-electron chi connectivity index (χ0n) is 14.9. The van der Waals surface area contributed by atoms with E-state index in [1.165, 1.54) is 4.31 Å². The van der Waals surface area contributed by atoms with E-state index in [1.807, 2.05) is 37.3 Å². The Kier molecular flexibility index (Phi) is 5.74. The number of sulfonamides is 1. The Hall–Kier alpha value is -2.18. The second-order valence-corrected chi connectivity index (χ2v) is 8.55. The first-order chi connectivity index (χ1) is 12.5. The Bertz CT molecular complexity index is 830. The minimum atomic E-state index is -3.48. The van der Waals surface area contributed by atoms with Crippen molar-refractivity contribution in [2.24, 2.45) is 0 Å². The Labute approximate surface area is 155 Å². The van der Waals surface area contributed by atoms with Crippen LogP contribution < -0.4 is 0 Å². The van der Waals surface area contributed by atoms with Gasteiger partial charge >= 0.3 is 0 Å². The smallest absolute Gasteiger partial charge is 0.243 e. The van der Waals surface area contributed by atoms with Gasteiger partial charge < -0.3 is 4.90 Å². The van der Waals surface area contributed by atoms with E-state index >= 15 is 0 Å². The number of hydrogen-bond acceptors (Lipinski definition) is 3. The molecule has 6 heteroatoms. The number of benzene rings is 2. The highest BCUT2D eigenvalue weighted by molar-refractivity contribution is 7.89. The minimum absolute atomic E-state index is 0.0816. The molecule has 0 saturated carbocycles. The molecule has 1 heterocycles. The molecule has 2 aromatic rings. The molecule has 3 rings (SSSR count). The number of hydrogen-bond donors (Lipinski definition) is 0. The molecule has 0 aliphatic carbocycles. The maximum Gasteiger partial charge on any atom is 0.243 e. The van der Waals surface area contributed by atoms with E-state index in [2.05, 4.69) is 0 Å². The van der Waals surface area contributed by atoms with E-state index in [0.717, 1.165) is 5.56 Å². The van der Waals surface area contributed by atoms with Crippen LogP contribution in [-0.4, -0.2) is 49.7 Å². The van der Waals surface area contributed by atoms with Crippen molar-refractivity contribution in [2.45, 2.75) is 24.2 Å². The van der Waals surface area contributed by atoms with E-state index in [-0.39, 0.29) is 11.8 Å². The Morgan fingerprint density at radius 2 is 1.46 bits per heavy atom. The zero-order valence-corrected chi connectivity index (χ0v) is 15.7. The third-order valence-corrected chi connectivity index (χ3v) is 6.73. The molecule has 0 spiro atoms. The quantitative estimate of drug-likeness (QED) is 0.811. The second kappa shape index (κ2) is 8.01. The van der Waals surface area contributed by atoms with E-state index < -0.39 is 10.0 Å². The molecule has 1 saturated heterocycles. The van der Waals surface area contributed by atoms with Crippen LogP contribution in [0.4, 0.5) is 0 Å². The van der Waals surface area contributed by atoms with E-state index in [0.29, 0.717) is 37.5 Å². The molecule has 5 nitrogen and oxygen atoms in total. The van der Waals surface area contributed by atoms with Crippen LogP contribution in [0.15, 0.2) is 65.6 Å². The van der Waals surface area contributed by atoms with Gasteiger partial charge in [-0.15, -0.1) is 0 Å². The van der Waals surface area contributed by atoms with Crippen LogP contribution in [0.3, 0.4) is 0 Å². The van der Waals surface area contributed by atoms with Gasteiger partial charge in [-0.2, -0.15) is 4.31 Å². The lowest BCUT2D eigenvalue weighted by atomic mass is 9.97. The van der Waals surface area contributed by atoms with Gasteiger partial charge in [0.2, 0.25) is 15.9 Å². The molecule has 0 N–H and O–H groups in total. The summed E-state index contributed by atoms with van der Waals surface area (Å²) < 4.78 is 26.8. The monoisotopic (exact) mass is 372 g/mol. The number of nitrogens with zero attached hydrogens (tertiary/aromatic N) is 2. The largest absolute Gasteiger partial charge is 0.340 e. The molecule has 0 bridgehead atoms. The summed E-state index contributed by atoms with van der Waals surface area (Å²) in [5.41, 5.74) is 1.14.